The van der Waals surface area contributed by atoms with Crippen molar-refractivity contribution in [3.05, 3.63) is 28.8 Å². The third kappa shape index (κ3) is 3.64. The largest absolute Gasteiger partial charge is 0.490 e. The molecule has 0 aromatic heterocycles. The Balaban J connectivity index is 2.07. The maximum Gasteiger partial charge on any atom is 0.138 e. The van der Waals surface area contributed by atoms with Crippen LogP contribution in [0.2, 0.25) is 5.02 Å². The lowest BCUT2D eigenvalue weighted by atomic mass is 9.87. The Morgan fingerprint density at radius 1 is 1.37 bits per heavy atom. The predicted octanol–water partition coefficient (Wildman–Crippen LogP) is 4.11. The molecule has 1 aliphatic rings. The first-order valence-corrected chi connectivity index (χ1v) is 7.39. The topological polar surface area (TPSA) is 12.5 Å². The van der Waals surface area contributed by atoms with Gasteiger partial charge < -0.3 is 9.64 Å². The van der Waals surface area contributed by atoms with Crippen LogP contribution < -0.4 is 4.74 Å². The number of ether oxygens (including phenoxy) is 1. The Kier molecular flexibility index (Phi) is 4.42. The lowest BCUT2D eigenvalue weighted by Gasteiger charge is -2.23. The molecule has 106 valence electrons. The fraction of sp³-hybridized carbons (Fsp3) is 0.625. The van der Waals surface area contributed by atoms with Gasteiger partial charge in [0, 0.05) is 6.04 Å². The summed E-state index contributed by atoms with van der Waals surface area (Å²) in [6.07, 6.45) is 2.48. The van der Waals surface area contributed by atoms with E-state index in [1.54, 1.807) is 0 Å². The second-order valence-corrected chi connectivity index (χ2v) is 6.89. The highest BCUT2D eigenvalue weighted by Gasteiger charge is 2.22. The normalized spacial score (nSPS) is 20.8. The zero-order valence-electron chi connectivity index (χ0n) is 12.4. The molecule has 0 spiro atoms. The van der Waals surface area contributed by atoms with Crippen LogP contribution in [0.15, 0.2) is 18.2 Å². The van der Waals surface area contributed by atoms with Crippen LogP contribution in [0.4, 0.5) is 0 Å². The summed E-state index contributed by atoms with van der Waals surface area (Å²) in [5.74, 6) is 0.814. The zero-order valence-corrected chi connectivity index (χ0v) is 13.1. The lowest BCUT2D eigenvalue weighted by molar-refractivity contribution is 0.198. The molecule has 3 heteroatoms. The van der Waals surface area contributed by atoms with Crippen LogP contribution in [0, 0.1) is 0 Å². The van der Waals surface area contributed by atoms with E-state index in [4.69, 9.17) is 16.3 Å². The van der Waals surface area contributed by atoms with E-state index in [2.05, 4.69) is 44.9 Å². The summed E-state index contributed by atoms with van der Waals surface area (Å²) in [6, 6.07) is 6.62. The Hall–Kier alpha value is -0.730. The van der Waals surface area contributed by atoms with Gasteiger partial charge in [-0.1, -0.05) is 38.4 Å². The second kappa shape index (κ2) is 5.72. The van der Waals surface area contributed by atoms with Gasteiger partial charge in [-0.3, -0.25) is 0 Å². The molecule has 1 saturated heterocycles. The molecule has 1 atom stereocenters. The molecule has 1 aliphatic heterocycles. The van der Waals surface area contributed by atoms with Crippen molar-refractivity contribution in [2.24, 2.45) is 0 Å². The summed E-state index contributed by atoms with van der Waals surface area (Å²) in [7, 11) is 2.16. The van der Waals surface area contributed by atoms with Crippen molar-refractivity contribution >= 4 is 11.6 Å². The Bertz CT molecular complexity index is 439. The van der Waals surface area contributed by atoms with Crippen molar-refractivity contribution < 1.29 is 4.74 Å². The first kappa shape index (κ1) is 14.7. The van der Waals surface area contributed by atoms with Gasteiger partial charge in [-0.05, 0) is 49.5 Å². The van der Waals surface area contributed by atoms with Crippen molar-refractivity contribution in [1.29, 1.82) is 0 Å². The predicted molar refractivity (Wildman–Crippen MR) is 81.3 cm³/mol. The SMILES string of the molecule is CN1CCC[C@H]1COc1cc(C(C)(C)C)ccc1Cl. The highest BCUT2D eigenvalue weighted by Crippen LogP contribution is 2.31. The van der Waals surface area contributed by atoms with Crippen molar-refractivity contribution in [3.63, 3.8) is 0 Å². The Morgan fingerprint density at radius 3 is 2.68 bits per heavy atom. The minimum atomic E-state index is 0.118. The van der Waals surface area contributed by atoms with Gasteiger partial charge in [-0.25, -0.2) is 0 Å². The van der Waals surface area contributed by atoms with Crippen LogP contribution in [0.1, 0.15) is 39.2 Å². The fourth-order valence-corrected chi connectivity index (χ4v) is 2.63. The second-order valence-electron chi connectivity index (χ2n) is 6.48. The number of halogens is 1. The Labute approximate surface area is 121 Å². The van der Waals surface area contributed by atoms with Crippen molar-refractivity contribution in [3.8, 4) is 5.75 Å². The van der Waals surface area contributed by atoms with Gasteiger partial charge in [-0.15, -0.1) is 0 Å². The number of hydrogen-bond donors (Lipinski definition) is 0. The van der Waals surface area contributed by atoms with E-state index in [-0.39, 0.29) is 5.41 Å². The molecule has 19 heavy (non-hydrogen) atoms. The summed E-state index contributed by atoms with van der Waals surface area (Å²) in [4.78, 5) is 2.36. The van der Waals surface area contributed by atoms with E-state index in [1.807, 2.05) is 6.07 Å². The fourth-order valence-electron chi connectivity index (χ4n) is 2.46. The molecular weight excluding hydrogens is 258 g/mol. The van der Waals surface area contributed by atoms with Gasteiger partial charge in [-0.2, -0.15) is 0 Å². The molecule has 2 rings (SSSR count). The molecule has 0 unspecified atom stereocenters. The van der Waals surface area contributed by atoms with Crippen LogP contribution in [0.5, 0.6) is 5.75 Å². The molecule has 1 heterocycles. The molecule has 0 radical (unpaired) electrons. The Morgan fingerprint density at radius 2 is 2.11 bits per heavy atom. The standard InChI is InChI=1S/C16H24ClNO/c1-16(2,3)12-7-8-14(17)15(10-12)19-11-13-6-5-9-18(13)4/h7-8,10,13H,5-6,9,11H2,1-4H3/t13-/m0/s1. The molecule has 1 fully saturated rings. The number of likely N-dealkylation sites (tertiary alicyclic amines) is 1. The van der Waals surface area contributed by atoms with Crippen LogP contribution in [0.25, 0.3) is 0 Å². The lowest BCUT2D eigenvalue weighted by Crippen LogP contribution is -2.30. The number of benzene rings is 1. The van der Waals surface area contributed by atoms with E-state index < -0.39 is 0 Å². The summed E-state index contributed by atoms with van der Waals surface area (Å²) < 4.78 is 5.95. The maximum absolute atomic E-state index is 6.23. The highest BCUT2D eigenvalue weighted by atomic mass is 35.5. The summed E-state index contributed by atoms with van der Waals surface area (Å²) >= 11 is 6.23. The van der Waals surface area contributed by atoms with E-state index in [1.165, 1.54) is 24.9 Å². The smallest absolute Gasteiger partial charge is 0.138 e. The van der Waals surface area contributed by atoms with Gasteiger partial charge in [0.25, 0.3) is 0 Å². The van der Waals surface area contributed by atoms with Crippen LogP contribution in [0.3, 0.4) is 0 Å². The highest BCUT2D eigenvalue weighted by molar-refractivity contribution is 6.32. The molecule has 0 aliphatic carbocycles. The maximum atomic E-state index is 6.23. The average molecular weight is 282 g/mol. The molecule has 0 saturated carbocycles. The molecule has 1 aromatic rings. The van der Waals surface area contributed by atoms with Gasteiger partial charge in [0.2, 0.25) is 0 Å². The zero-order chi connectivity index (χ0) is 14.0. The number of hydrogen-bond acceptors (Lipinski definition) is 2. The minimum absolute atomic E-state index is 0.118. The molecule has 0 amide bonds. The number of likely N-dealkylation sites (N-methyl/N-ethyl adjacent to an activating group) is 1. The molecule has 0 N–H and O–H groups in total. The van der Waals surface area contributed by atoms with Gasteiger partial charge in [0.15, 0.2) is 0 Å². The van der Waals surface area contributed by atoms with Crippen molar-refractivity contribution in [2.45, 2.75) is 45.1 Å². The first-order chi connectivity index (χ1) is 8.88. The van der Waals surface area contributed by atoms with Gasteiger partial charge in [0.1, 0.15) is 12.4 Å². The van der Waals surface area contributed by atoms with Crippen LogP contribution >= 0.6 is 11.6 Å². The van der Waals surface area contributed by atoms with E-state index in [0.717, 1.165) is 12.4 Å². The first-order valence-electron chi connectivity index (χ1n) is 7.01. The van der Waals surface area contributed by atoms with Crippen molar-refractivity contribution in [1.82, 2.24) is 4.90 Å². The third-order valence-electron chi connectivity index (χ3n) is 3.90. The average Bonchev–Trinajstić information content (AvgIpc) is 2.72. The number of nitrogens with zero attached hydrogens (tertiary/aromatic N) is 1. The molecule has 0 bridgehead atoms. The van der Waals surface area contributed by atoms with Gasteiger partial charge in [0.05, 0.1) is 5.02 Å². The van der Waals surface area contributed by atoms with E-state index >= 15 is 0 Å². The van der Waals surface area contributed by atoms with Gasteiger partial charge >= 0.3 is 0 Å². The quantitative estimate of drug-likeness (QED) is 0.827. The van der Waals surface area contributed by atoms with E-state index in [0.29, 0.717) is 11.1 Å². The van der Waals surface area contributed by atoms with Crippen molar-refractivity contribution in [2.75, 3.05) is 20.2 Å². The minimum Gasteiger partial charge on any atom is -0.490 e. The summed E-state index contributed by atoms with van der Waals surface area (Å²) in [5, 5.41) is 0.702. The third-order valence-corrected chi connectivity index (χ3v) is 4.21. The van der Waals surface area contributed by atoms with Crippen LogP contribution in [-0.4, -0.2) is 31.1 Å². The van der Waals surface area contributed by atoms with E-state index in [9.17, 15) is 0 Å². The molecule has 1 aromatic carbocycles. The monoisotopic (exact) mass is 281 g/mol. The molecule has 2 nitrogen and oxygen atoms in total. The summed E-state index contributed by atoms with van der Waals surface area (Å²) in [5.41, 5.74) is 1.37. The summed E-state index contributed by atoms with van der Waals surface area (Å²) in [6.45, 7) is 8.49. The molecular formula is C16H24ClNO. The van der Waals surface area contributed by atoms with Crippen LogP contribution in [-0.2, 0) is 5.41 Å². The number of rotatable bonds is 3.